The lowest BCUT2D eigenvalue weighted by atomic mass is 10.2. The summed E-state index contributed by atoms with van der Waals surface area (Å²) in [4.78, 5) is 37.3. The summed E-state index contributed by atoms with van der Waals surface area (Å²) in [6, 6.07) is 0.142. The van der Waals surface area contributed by atoms with Crippen LogP contribution in [0.3, 0.4) is 0 Å². The fraction of sp³-hybridized carbons (Fsp3) is 0.500. The SMILES string of the molecule is CN1C[C@H]2CN(C(=O)c3cnccn3)CCN2C1=O. The van der Waals surface area contributed by atoms with Crippen LogP contribution in [0.25, 0.3) is 0 Å². The Morgan fingerprint density at radius 2 is 2.16 bits per heavy atom. The minimum atomic E-state index is -0.116. The maximum atomic E-state index is 12.3. The van der Waals surface area contributed by atoms with Crippen molar-refractivity contribution in [3.63, 3.8) is 0 Å². The van der Waals surface area contributed by atoms with Crippen molar-refractivity contribution in [1.29, 1.82) is 0 Å². The number of fused-ring (bicyclic) bond motifs is 1. The zero-order valence-electron chi connectivity index (χ0n) is 10.7. The second-order valence-corrected chi connectivity index (χ2v) is 4.85. The van der Waals surface area contributed by atoms with Gasteiger partial charge in [0.15, 0.2) is 0 Å². The number of nitrogens with zero attached hydrogens (tertiary/aromatic N) is 5. The van der Waals surface area contributed by atoms with E-state index in [0.29, 0.717) is 31.9 Å². The van der Waals surface area contributed by atoms with Gasteiger partial charge in [-0.3, -0.25) is 9.78 Å². The van der Waals surface area contributed by atoms with Crippen molar-refractivity contribution in [1.82, 2.24) is 24.7 Å². The molecule has 3 heterocycles. The van der Waals surface area contributed by atoms with Gasteiger partial charge in [0.05, 0.1) is 12.2 Å². The third-order valence-corrected chi connectivity index (χ3v) is 3.61. The van der Waals surface area contributed by atoms with E-state index in [1.807, 2.05) is 4.90 Å². The van der Waals surface area contributed by atoms with Crippen LogP contribution in [-0.4, -0.2) is 75.9 Å². The largest absolute Gasteiger partial charge is 0.333 e. The average Bonchev–Trinajstić information content (AvgIpc) is 2.74. The lowest BCUT2D eigenvalue weighted by Crippen LogP contribution is -2.53. The molecule has 19 heavy (non-hydrogen) atoms. The average molecular weight is 261 g/mol. The summed E-state index contributed by atoms with van der Waals surface area (Å²) in [5.74, 6) is -0.116. The molecule has 0 saturated carbocycles. The molecule has 0 radical (unpaired) electrons. The highest BCUT2D eigenvalue weighted by Crippen LogP contribution is 2.20. The van der Waals surface area contributed by atoms with E-state index in [2.05, 4.69) is 9.97 Å². The van der Waals surface area contributed by atoms with Gasteiger partial charge in [-0.25, -0.2) is 9.78 Å². The minimum absolute atomic E-state index is 0.0524. The Hall–Kier alpha value is -2.18. The number of carbonyl (C=O) groups is 2. The van der Waals surface area contributed by atoms with E-state index in [-0.39, 0.29) is 18.0 Å². The summed E-state index contributed by atoms with van der Waals surface area (Å²) >= 11 is 0. The number of carbonyl (C=O) groups excluding carboxylic acids is 2. The van der Waals surface area contributed by atoms with E-state index in [1.54, 1.807) is 23.0 Å². The molecular formula is C12H15N5O2. The van der Waals surface area contributed by atoms with Gasteiger partial charge in [-0.2, -0.15) is 0 Å². The van der Waals surface area contributed by atoms with Crippen molar-refractivity contribution in [2.24, 2.45) is 0 Å². The minimum Gasteiger partial charge on any atom is -0.333 e. The molecule has 0 bridgehead atoms. The van der Waals surface area contributed by atoms with Gasteiger partial charge < -0.3 is 14.7 Å². The molecule has 2 saturated heterocycles. The van der Waals surface area contributed by atoms with Gasteiger partial charge in [-0.05, 0) is 0 Å². The highest BCUT2D eigenvalue weighted by Gasteiger charge is 2.40. The zero-order valence-corrected chi connectivity index (χ0v) is 10.7. The van der Waals surface area contributed by atoms with E-state index < -0.39 is 0 Å². The first-order valence-corrected chi connectivity index (χ1v) is 6.24. The van der Waals surface area contributed by atoms with Gasteiger partial charge >= 0.3 is 6.03 Å². The Bertz CT molecular complexity index is 506. The van der Waals surface area contributed by atoms with E-state index in [1.165, 1.54) is 12.4 Å². The third-order valence-electron chi connectivity index (χ3n) is 3.61. The zero-order chi connectivity index (χ0) is 13.4. The van der Waals surface area contributed by atoms with Crippen LogP contribution in [0.1, 0.15) is 10.5 Å². The van der Waals surface area contributed by atoms with Crippen LogP contribution in [0, 0.1) is 0 Å². The molecule has 0 aliphatic carbocycles. The van der Waals surface area contributed by atoms with Crippen molar-refractivity contribution >= 4 is 11.9 Å². The maximum absolute atomic E-state index is 12.3. The van der Waals surface area contributed by atoms with Crippen LogP contribution >= 0.6 is 0 Å². The molecule has 3 amide bonds. The van der Waals surface area contributed by atoms with Gasteiger partial charge in [0.25, 0.3) is 5.91 Å². The fourth-order valence-electron chi connectivity index (χ4n) is 2.63. The first-order chi connectivity index (χ1) is 9.16. The molecule has 1 aromatic rings. The van der Waals surface area contributed by atoms with Crippen molar-refractivity contribution in [3.05, 3.63) is 24.3 Å². The smallest absolute Gasteiger partial charge is 0.320 e. The van der Waals surface area contributed by atoms with Crippen LogP contribution in [0.5, 0.6) is 0 Å². The van der Waals surface area contributed by atoms with Crippen LogP contribution in [-0.2, 0) is 0 Å². The Balaban J connectivity index is 1.72. The van der Waals surface area contributed by atoms with Crippen LogP contribution in [0.2, 0.25) is 0 Å². The van der Waals surface area contributed by atoms with Crippen molar-refractivity contribution in [2.45, 2.75) is 6.04 Å². The molecular weight excluding hydrogens is 246 g/mol. The topological polar surface area (TPSA) is 69.6 Å². The predicted octanol–water partition coefficient (Wildman–Crippen LogP) is -0.332. The van der Waals surface area contributed by atoms with Gasteiger partial charge in [0, 0.05) is 45.6 Å². The lowest BCUT2D eigenvalue weighted by Gasteiger charge is -2.36. The number of likely N-dealkylation sites (N-methyl/N-ethyl adjacent to an activating group) is 1. The molecule has 0 aromatic carbocycles. The molecule has 0 N–H and O–H groups in total. The summed E-state index contributed by atoms with van der Waals surface area (Å²) in [7, 11) is 1.79. The number of aromatic nitrogens is 2. The second kappa shape index (κ2) is 4.49. The number of hydrogen-bond acceptors (Lipinski definition) is 4. The maximum Gasteiger partial charge on any atom is 0.320 e. The van der Waals surface area contributed by atoms with E-state index in [4.69, 9.17) is 0 Å². The molecule has 1 aromatic heterocycles. The normalized spacial score (nSPS) is 22.7. The quantitative estimate of drug-likeness (QED) is 0.694. The Labute approximate surface area is 110 Å². The first-order valence-electron chi connectivity index (χ1n) is 6.24. The number of urea groups is 1. The van der Waals surface area contributed by atoms with Crippen LogP contribution < -0.4 is 0 Å². The molecule has 7 nitrogen and oxygen atoms in total. The summed E-state index contributed by atoms with van der Waals surface area (Å²) in [5.41, 5.74) is 0.355. The molecule has 1 atom stereocenters. The molecule has 100 valence electrons. The summed E-state index contributed by atoms with van der Waals surface area (Å²) < 4.78 is 0. The Morgan fingerprint density at radius 3 is 2.89 bits per heavy atom. The predicted molar refractivity (Wildman–Crippen MR) is 66.5 cm³/mol. The summed E-state index contributed by atoms with van der Waals surface area (Å²) in [5, 5.41) is 0. The van der Waals surface area contributed by atoms with Crippen molar-refractivity contribution in [3.8, 4) is 0 Å². The van der Waals surface area contributed by atoms with Gasteiger partial charge in [-0.15, -0.1) is 0 Å². The van der Waals surface area contributed by atoms with E-state index in [0.717, 1.165) is 0 Å². The highest BCUT2D eigenvalue weighted by atomic mass is 16.2. The number of piperazine rings is 1. The van der Waals surface area contributed by atoms with E-state index in [9.17, 15) is 9.59 Å². The second-order valence-electron chi connectivity index (χ2n) is 4.85. The first kappa shape index (κ1) is 11.9. The molecule has 2 aliphatic heterocycles. The number of rotatable bonds is 1. The van der Waals surface area contributed by atoms with Gasteiger partial charge in [0.1, 0.15) is 5.69 Å². The lowest BCUT2D eigenvalue weighted by molar-refractivity contribution is 0.0611. The number of amides is 3. The van der Waals surface area contributed by atoms with E-state index >= 15 is 0 Å². The molecule has 2 aliphatic rings. The Kier molecular flexibility index (Phi) is 2.81. The van der Waals surface area contributed by atoms with Crippen LogP contribution in [0.15, 0.2) is 18.6 Å². The molecule has 0 spiro atoms. The molecule has 7 heteroatoms. The molecule has 3 rings (SSSR count). The van der Waals surface area contributed by atoms with Crippen molar-refractivity contribution < 1.29 is 9.59 Å². The fourth-order valence-corrected chi connectivity index (χ4v) is 2.63. The monoisotopic (exact) mass is 261 g/mol. The van der Waals surface area contributed by atoms with Crippen molar-refractivity contribution in [2.75, 3.05) is 33.2 Å². The number of hydrogen-bond donors (Lipinski definition) is 0. The molecule has 0 unspecified atom stereocenters. The van der Waals surface area contributed by atoms with Gasteiger partial charge in [0.2, 0.25) is 0 Å². The summed E-state index contributed by atoms with van der Waals surface area (Å²) in [6.45, 7) is 2.36. The summed E-state index contributed by atoms with van der Waals surface area (Å²) in [6.07, 6.45) is 4.52. The Morgan fingerprint density at radius 1 is 1.32 bits per heavy atom. The van der Waals surface area contributed by atoms with Gasteiger partial charge in [-0.1, -0.05) is 0 Å². The van der Waals surface area contributed by atoms with Crippen LogP contribution in [0.4, 0.5) is 4.79 Å². The standard InChI is InChI=1S/C12H15N5O2/c1-15-7-9-8-16(4-5-17(9)12(15)19)11(18)10-6-13-2-3-14-10/h2-3,6,9H,4-5,7-8H2,1H3/t9-/m0/s1. The third kappa shape index (κ3) is 2.00. The molecule has 2 fully saturated rings. The highest BCUT2D eigenvalue weighted by molar-refractivity contribution is 5.92.